The van der Waals surface area contributed by atoms with Crippen LogP contribution in [0.3, 0.4) is 0 Å². The molecule has 0 radical (unpaired) electrons. The molecular weight excluding hydrogens is 246 g/mol. The molecule has 2 aromatic heterocycles. The maximum absolute atomic E-state index is 11.4. The van der Waals surface area contributed by atoms with E-state index in [0.717, 1.165) is 16.4 Å². The van der Waals surface area contributed by atoms with Crippen LogP contribution in [0.4, 0.5) is 0 Å². The van der Waals surface area contributed by atoms with E-state index < -0.39 is 5.97 Å². The first-order valence-corrected chi connectivity index (χ1v) is 5.98. The molecule has 4 N–H and O–H groups in total. The average molecular weight is 259 g/mol. The number of fused-ring (bicyclic) bond motifs is 3. The normalized spacial score (nSPS) is 11.4. The van der Waals surface area contributed by atoms with E-state index >= 15 is 0 Å². The number of aromatic amines is 1. The summed E-state index contributed by atoms with van der Waals surface area (Å²) in [6.45, 7) is 1.05. The molecule has 0 aliphatic heterocycles. The van der Waals surface area contributed by atoms with Crippen molar-refractivity contribution in [2.45, 2.75) is 13.0 Å². The topological polar surface area (TPSA) is 110 Å². The average Bonchev–Trinajstić information content (AvgIpc) is 2.98. The lowest BCUT2D eigenvalue weighted by Crippen LogP contribution is -2.13. The quantitative estimate of drug-likeness (QED) is 0.646. The lowest BCUT2D eigenvalue weighted by molar-refractivity contribution is 0.0685. The number of nitrogens with two attached hydrogens (primary N) is 1. The summed E-state index contributed by atoms with van der Waals surface area (Å²) >= 11 is 0. The Hall–Kier alpha value is -2.41. The first-order chi connectivity index (χ1) is 9.22. The van der Waals surface area contributed by atoms with Gasteiger partial charge in [-0.25, -0.2) is 4.79 Å². The van der Waals surface area contributed by atoms with Gasteiger partial charge in [0.15, 0.2) is 5.69 Å². The summed E-state index contributed by atoms with van der Waals surface area (Å²) < 4.78 is 1.62. The standard InChI is InChI=1S/C12H13N5O2/c13-4-1-5-17-11(12(18)19)7-2-3-9-8(6-14-15-9)10(7)16-17/h2-3,6,16H,1,4-5,13H2,(H,18,19). The number of nitrogens with one attached hydrogen (secondary N) is 1. The molecule has 0 aliphatic rings. The van der Waals surface area contributed by atoms with Gasteiger partial charge in [-0.2, -0.15) is 10.2 Å². The predicted octanol–water partition coefficient (Wildman–Crippen LogP) is 0.960. The second-order valence-corrected chi connectivity index (χ2v) is 4.32. The van der Waals surface area contributed by atoms with Crippen molar-refractivity contribution < 1.29 is 9.90 Å². The SMILES string of the molecule is NCCCn1[nH]c2c(ccc3nncc32)c1C(=O)O. The summed E-state index contributed by atoms with van der Waals surface area (Å²) in [5.74, 6) is -0.963. The number of carboxylic acids is 1. The van der Waals surface area contributed by atoms with Crippen molar-refractivity contribution in [2.24, 2.45) is 5.73 Å². The fourth-order valence-corrected chi connectivity index (χ4v) is 2.28. The number of hydrogen-bond donors (Lipinski definition) is 3. The summed E-state index contributed by atoms with van der Waals surface area (Å²) in [6.07, 6.45) is 2.34. The van der Waals surface area contributed by atoms with Gasteiger partial charge in [-0.3, -0.25) is 9.78 Å². The van der Waals surface area contributed by atoms with Gasteiger partial charge in [0.05, 0.1) is 17.2 Å². The Morgan fingerprint density at radius 2 is 2.26 bits per heavy atom. The van der Waals surface area contributed by atoms with Crippen LogP contribution in [-0.4, -0.2) is 37.6 Å². The first kappa shape index (κ1) is 11.7. The first-order valence-electron chi connectivity index (χ1n) is 5.98. The molecule has 2 heterocycles. The molecule has 0 spiro atoms. The summed E-state index contributed by atoms with van der Waals surface area (Å²) in [7, 11) is 0. The zero-order valence-corrected chi connectivity index (χ0v) is 10.1. The Morgan fingerprint density at radius 1 is 1.42 bits per heavy atom. The smallest absolute Gasteiger partial charge is 0.354 e. The van der Waals surface area contributed by atoms with Crippen LogP contribution >= 0.6 is 0 Å². The highest BCUT2D eigenvalue weighted by Crippen LogP contribution is 2.26. The summed E-state index contributed by atoms with van der Waals surface area (Å²) in [6, 6.07) is 3.53. The molecule has 0 unspecified atom stereocenters. The lowest BCUT2D eigenvalue weighted by atomic mass is 10.1. The van der Waals surface area contributed by atoms with Crippen LogP contribution < -0.4 is 5.73 Å². The molecule has 19 heavy (non-hydrogen) atoms. The van der Waals surface area contributed by atoms with E-state index in [9.17, 15) is 9.90 Å². The van der Waals surface area contributed by atoms with Gasteiger partial charge in [-0.1, -0.05) is 0 Å². The Labute approximate surface area is 108 Å². The minimum Gasteiger partial charge on any atom is -0.477 e. The Balaban J connectivity index is 2.29. The van der Waals surface area contributed by atoms with Crippen LogP contribution in [-0.2, 0) is 6.54 Å². The highest BCUT2D eigenvalue weighted by molar-refractivity contribution is 6.10. The van der Waals surface area contributed by atoms with Crippen LogP contribution in [0.2, 0.25) is 0 Å². The monoisotopic (exact) mass is 259 g/mol. The largest absolute Gasteiger partial charge is 0.477 e. The van der Waals surface area contributed by atoms with Gasteiger partial charge in [-0.15, -0.1) is 0 Å². The number of carboxylic acid groups (broad SMARTS) is 1. The maximum Gasteiger partial charge on any atom is 0.354 e. The summed E-state index contributed by atoms with van der Waals surface area (Å²) in [5, 5.41) is 21.8. The molecule has 0 saturated carbocycles. The van der Waals surface area contributed by atoms with Gasteiger partial charge < -0.3 is 10.8 Å². The van der Waals surface area contributed by atoms with Crippen molar-refractivity contribution >= 4 is 27.8 Å². The van der Waals surface area contributed by atoms with E-state index in [2.05, 4.69) is 15.3 Å². The molecule has 7 heteroatoms. The van der Waals surface area contributed by atoms with Crippen LogP contribution in [0.15, 0.2) is 18.3 Å². The number of aromatic nitrogens is 4. The minimum atomic E-state index is -0.963. The van der Waals surface area contributed by atoms with E-state index in [1.54, 1.807) is 23.0 Å². The number of nitrogens with zero attached hydrogens (tertiary/aromatic N) is 3. The van der Waals surface area contributed by atoms with Gasteiger partial charge >= 0.3 is 5.97 Å². The van der Waals surface area contributed by atoms with Gasteiger partial charge in [0.25, 0.3) is 0 Å². The number of H-pyrrole nitrogens is 1. The molecule has 0 aliphatic carbocycles. The number of aryl methyl sites for hydroxylation is 1. The van der Waals surface area contributed by atoms with E-state index in [1.165, 1.54) is 0 Å². The van der Waals surface area contributed by atoms with Crippen LogP contribution in [0, 0.1) is 0 Å². The van der Waals surface area contributed by atoms with E-state index in [4.69, 9.17) is 5.73 Å². The van der Waals surface area contributed by atoms with Gasteiger partial charge in [0.2, 0.25) is 0 Å². The second kappa shape index (κ2) is 4.36. The molecule has 0 bridgehead atoms. The number of aromatic carboxylic acids is 1. The van der Waals surface area contributed by atoms with Crippen LogP contribution in [0.25, 0.3) is 21.8 Å². The number of rotatable bonds is 4. The molecule has 1 aromatic carbocycles. The number of hydrogen-bond acceptors (Lipinski definition) is 4. The van der Waals surface area contributed by atoms with Crippen molar-refractivity contribution in [3.8, 4) is 0 Å². The van der Waals surface area contributed by atoms with Gasteiger partial charge in [0, 0.05) is 17.3 Å². The van der Waals surface area contributed by atoms with E-state index in [-0.39, 0.29) is 5.69 Å². The molecule has 0 amide bonds. The van der Waals surface area contributed by atoms with Crippen LogP contribution in [0.1, 0.15) is 16.9 Å². The number of carbonyl (C=O) groups is 1. The Morgan fingerprint density at radius 3 is 3.00 bits per heavy atom. The van der Waals surface area contributed by atoms with Crippen LogP contribution in [0.5, 0.6) is 0 Å². The second-order valence-electron chi connectivity index (χ2n) is 4.32. The molecule has 0 fully saturated rings. The van der Waals surface area contributed by atoms with Crippen molar-refractivity contribution in [3.05, 3.63) is 24.0 Å². The van der Waals surface area contributed by atoms with Gasteiger partial charge in [-0.05, 0) is 25.1 Å². The third kappa shape index (κ3) is 1.75. The summed E-state index contributed by atoms with van der Waals surface area (Å²) in [4.78, 5) is 11.4. The molecule has 3 aromatic rings. The number of benzene rings is 1. The highest BCUT2D eigenvalue weighted by atomic mass is 16.4. The predicted molar refractivity (Wildman–Crippen MR) is 70.0 cm³/mol. The van der Waals surface area contributed by atoms with Crippen molar-refractivity contribution in [1.29, 1.82) is 0 Å². The molecular formula is C12H13N5O2. The third-order valence-electron chi connectivity index (χ3n) is 3.14. The lowest BCUT2D eigenvalue weighted by Gasteiger charge is -2.03. The molecule has 0 atom stereocenters. The van der Waals surface area contributed by atoms with Gasteiger partial charge in [0.1, 0.15) is 0 Å². The van der Waals surface area contributed by atoms with Crippen molar-refractivity contribution in [2.75, 3.05) is 6.54 Å². The Bertz CT molecular complexity index is 758. The third-order valence-corrected chi connectivity index (χ3v) is 3.14. The molecule has 98 valence electrons. The molecule has 3 rings (SSSR count). The fourth-order valence-electron chi connectivity index (χ4n) is 2.28. The Kier molecular flexibility index (Phi) is 2.68. The molecule has 7 nitrogen and oxygen atoms in total. The highest BCUT2D eigenvalue weighted by Gasteiger charge is 2.18. The molecule has 0 saturated heterocycles. The fraction of sp³-hybridized carbons (Fsp3) is 0.250. The minimum absolute atomic E-state index is 0.242. The van der Waals surface area contributed by atoms with E-state index in [0.29, 0.717) is 24.9 Å². The maximum atomic E-state index is 11.4. The van der Waals surface area contributed by atoms with Crippen molar-refractivity contribution in [1.82, 2.24) is 20.0 Å². The summed E-state index contributed by atoms with van der Waals surface area (Å²) in [5.41, 5.74) is 7.21. The zero-order valence-electron chi connectivity index (χ0n) is 10.1. The van der Waals surface area contributed by atoms with Crippen molar-refractivity contribution in [3.63, 3.8) is 0 Å². The zero-order chi connectivity index (χ0) is 13.4. The van der Waals surface area contributed by atoms with E-state index in [1.807, 2.05) is 0 Å².